The van der Waals surface area contributed by atoms with Crippen LogP contribution in [-0.2, 0) is 4.79 Å². The first-order valence-corrected chi connectivity index (χ1v) is 6.06. The van der Waals surface area contributed by atoms with E-state index in [1.807, 2.05) is 0 Å². The zero-order valence-corrected chi connectivity index (χ0v) is 10.0. The van der Waals surface area contributed by atoms with Gasteiger partial charge in [0.25, 0.3) is 0 Å². The van der Waals surface area contributed by atoms with E-state index in [1.165, 1.54) is 6.42 Å². The van der Waals surface area contributed by atoms with Crippen LogP contribution < -0.4 is 0 Å². The lowest BCUT2D eigenvalue weighted by Crippen LogP contribution is -2.21. The van der Waals surface area contributed by atoms with Crippen molar-refractivity contribution in [3.63, 3.8) is 0 Å². The van der Waals surface area contributed by atoms with E-state index in [9.17, 15) is 4.79 Å². The fourth-order valence-corrected chi connectivity index (χ4v) is 4.28. The Morgan fingerprint density at radius 2 is 1.77 bits per heavy atom. The molecule has 1 saturated carbocycles. The van der Waals surface area contributed by atoms with Crippen molar-refractivity contribution in [3.05, 3.63) is 21.1 Å². The first-order valence-electron chi connectivity index (χ1n) is 4.48. The summed E-state index contributed by atoms with van der Waals surface area (Å²) in [6.07, 6.45) is 5.66. The number of Topliss-reactive ketones (excluding diaryl/α,β-unsaturated/α-hetero) is 1. The summed E-state index contributed by atoms with van der Waals surface area (Å²) < 4.78 is 1.88. The highest BCUT2D eigenvalue weighted by atomic mass is 79.9. The molecule has 0 N–H and O–H groups in total. The van der Waals surface area contributed by atoms with Crippen LogP contribution in [0.5, 0.6) is 0 Å². The number of hydrogen-bond donors (Lipinski definition) is 0. The summed E-state index contributed by atoms with van der Waals surface area (Å²) in [4.78, 5) is 11.8. The molecule has 0 aliphatic heterocycles. The highest BCUT2D eigenvalue weighted by molar-refractivity contribution is 9.14. The number of allylic oxidation sites excluding steroid dienone is 4. The molecule has 68 valence electrons. The molecule has 0 unspecified atom stereocenters. The molecule has 3 rings (SSSR count). The largest absolute Gasteiger partial charge is 0.293 e. The predicted molar refractivity (Wildman–Crippen MR) is 57.6 cm³/mol. The summed E-state index contributed by atoms with van der Waals surface area (Å²) in [5.41, 5.74) is 0. The first-order chi connectivity index (χ1) is 6.20. The fourth-order valence-electron chi connectivity index (χ4n) is 2.94. The first kappa shape index (κ1) is 8.42. The predicted octanol–water partition coefficient (Wildman–Crippen LogP) is 3.01. The van der Waals surface area contributed by atoms with Crippen LogP contribution in [0.15, 0.2) is 21.1 Å². The number of carbonyl (C=O) groups excluding carboxylic acids is 1. The molecule has 0 aromatic heterocycles. The number of halogens is 2. The second-order valence-electron chi connectivity index (χ2n) is 4.03. The molecule has 13 heavy (non-hydrogen) atoms. The number of carbonyl (C=O) groups is 1. The third-order valence-electron chi connectivity index (χ3n) is 3.48. The molecule has 0 amide bonds. The Morgan fingerprint density at radius 3 is 2.38 bits per heavy atom. The Labute approximate surface area is 93.5 Å². The van der Waals surface area contributed by atoms with Gasteiger partial charge >= 0.3 is 0 Å². The van der Waals surface area contributed by atoms with Crippen molar-refractivity contribution < 1.29 is 4.79 Å². The average molecular weight is 304 g/mol. The van der Waals surface area contributed by atoms with Gasteiger partial charge < -0.3 is 0 Å². The van der Waals surface area contributed by atoms with Gasteiger partial charge in [-0.2, -0.15) is 0 Å². The molecule has 1 nitrogen and oxygen atoms in total. The van der Waals surface area contributed by atoms with E-state index in [0.717, 1.165) is 8.96 Å². The lowest BCUT2D eigenvalue weighted by molar-refractivity contribution is -0.118. The SMILES string of the molecule is O=C1C(Br)=C(Br)[C@H]2[C@H]1[C@@H]1C=C[C@H]2C1. The van der Waals surface area contributed by atoms with E-state index in [-0.39, 0.29) is 5.92 Å². The zero-order valence-electron chi connectivity index (χ0n) is 6.84. The van der Waals surface area contributed by atoms with Crippen molar-refractivity contribution in [3.8, 4) is 0 Å². The number of fused-ring (bicyclic) bond motifs is 5. The minimum atomic E-state index is 0.235. The monoisotopic (exact) mass is 302 g/mol. The number of rotatable bonds is 0. The molecule has 0 aromatic rings. The van der Waals surface area contributed by atoms with Crippen LogP contribution in [0.25, 0.3) is 0 Å². The topological polar surface area (TPSA) is 17.1 Å². The van der Waals surface area contributed by atoms with E-state index >= 15 is 0 Å². The Balaban J connectivity index is 2.11. The van der Waals surface area contributed by atoms with Crippen LogP contribution in [0.3, 0.4) is 0 Å². The second kappa shape index (κ2) is 2.57. The average Bonchev–Trinajstić information content (AvgIpc) is 2.76. The molecular formula is C10H8Br2O. The summed E-state index contributed by atoms with van der Waals surface area (Å²) in [6.45, 7) is 0. The van der Waals surface area contributed by atoms with Gasteiger partial charge in [0.2, 0.25) is 0 Å². The molecule has 2 bridgehead atoms. The van der Waals surface area contributed by atoms with Gasteiger partial charge in [-0.05, 0) is 34.2 Å². The van der Waals surface area contributed by atoms with Gasteiger partial charge in [0.15, 0.2) is 5.78 Å². The smallest absolute Gasteiger partial charge is 0.174 e. The van der Waals surface area contributed by atoms with Crippen molar-refractivity contribution in [1.82, 2.24) is 0 Å². The van der Waals surface area contributed by atoms with Crippen molar-refractivity contribution >= 4 is 37.6 Å². The van der Waals surface area contributed by atoms with Crippen molar-refractivity contribution in [1.29, 1.82) is 0 Å². The third kappa shape index (κ3) is 0.899. The van der Waals surface area contributed by atoms with Gasteiger partial charge in [-0.25, -0.2) is 0 Å². The molecule has 0 spiro atoms. The van der Waals surface area contributed by atoms with E-state index in [4.69, 9.17) is 0 Å². The molecule has 0 radical (unpaired) electrons. The van der Waals surface area contributed by atoms with Gasteiger partial charge in [-0.3, -0.25) is 4.79 Å². The summed E-state index contributed by atoms with van der Waals surface area (Å²) in [6, 6.07) is 0. The summed E-state index contributed by atoms with van der Waals surface area (Å²) in [7, 11) is 0. The number of ketones is 1. The molecule has 3 aliphatic rings. The van der Waals surface area contributed by atoms with Crippen LogP contribution in [0.4, 0.5) is 0 Å². The summed E-state index contributed by atoms with van der Waals surface area (Å²) in [5, 5.41) is 0. The van der Waals surface area contributed by atoms with Crippen LogP contribution in [0.1, 0.15) is 6.42 Å². The Hall–Kier alpha value is 0.110. The van der Waals surface area contributed by atoms with Crippen molar-refractivity contribution in [2.75, 3.05) is 0 Å². The number of hydrogen-bond acceptors (Lipinski definition) is 1. The van der Waals surface area contributed by atoms with Gasteiger partial charge in [-0.1, -0.05) is 28.1 Å². The standard InChI is InChI=1S/C10H8Br2O/c11-8-6-4-1-2-5(3-4)7(6)10(13)9(8)12/h1-2,4-7H,3H2/t4-,5+,6+,7+/m0/s1. The quantitative estimate of drug-likeness (QED) is 0.629. The molecule has 0 aromatic carbocycles. The lowest BCUT2D eigenvalue weighted by Gasteiger charge is -2.19. The minimum absolute atomic E-state index is 0.235. The molecular weight excluding hydrogens is 296 g/mol. The normalized spacial score (nSPS) is 46.5. The van der Waals surface area contributed by atoms with E-state index < -0.39 is 0 Å². The third-order valence-corrected chi connectivity index (χ3v) is 5.76. The molecule has 3 aliphatic carbocycles. The van der Waals surface area contributed by atoms with Crippen molar-refractivity contribution in [2.45, 2.75) is 6.42 Å². The summed E-state index contributed by atoms with van der Waals surface area (Å²) in [5.74, 6) is 2.08. The Bertz CT molecular complexity index is 356. The van der Waals surface area contributed by atoms with Crippen LogP contribution >= 0.6 is 31.9 Å². The van der Waals surface area contributed by atoms with E-state index in [2.05, 4.69) is 44.0 Å². The second-order valence-corrected chi connectivity index (χ2v) is 5.67. The van der Waals surface area contributed by atoms with E-state index in [0.29, 0.717) is 23.5 Å². The molecule has 3 heteroatoms. The van der Waals surface area contributed by atoms with Gasteiger partial charge in [-0.15, -0.1) is 0 Å². The maximum absolute atomic E-state index is 11.8. The molecule has 4 atom stereocenters. The zero-order chi connectivity index (χ0) is 9.16. The highest BCUT2D eigenvalue weighted by Crippen LogP contribution is 2.58. The van der Waals surface area contributed by atoms with Gasteiger partial charge in [0.05, 0.1) is 4.48 Å². The van der Waals surface area contributed by atoms with Gasteiger partial charge in [0.1, 0.15) is 0 Å². The highest BCUT2D eigenvalue weighted by Gasteiger charge is 2.53. The molecule has 1 fully saturated rings. The molecule has 0 heterocycles. The van der Waals surface area contributed by atoms with Gasteiger partial charge in [0, 0.05) is 16.3 Å². The Morgan fingerprint density at radius 1 is 1.15 bits per heavy atom. The lowest BCUT2D eigenvalue weighted by atomic mass is 9.85. The maximum Gasteiger partial charge on any atom is 0.174 e. The van der Waals surface area contributed by atoms with E-state index in [1.54, 1.807) is 0 Å². The van der Waals surface area contributed by atoms with Crippen LogP contribution in [-0.4, -0.2) is 5.78 Å². The Kier molecular flexibility index (Phi) is 1.67. The van der Waals surface area contributed by atoms with Crippen LogP contribution in [0.2, 0.25) is 0 Å². The molecule has 0 saturated heterocycles. The maximum atomic E-state index is 11.8. The van der Waals surface area contributed by atoms with Crippen molar-refractivity contribution in [2.24, 2.45) is 23.7 Å². The fraction of sp³-hybridized carbons (Fsp3) is 0.500. The summed E-state index contributed by atoms with van der Waals surface area (Å²) >= 11 is 6.89. The minimum Gasteiger partial charge on any atom is -0.293 e. The van der Waals surface area contributed by atoms with Crippen LogP contribution in [0, 0.1) is 23.7 Å².